The molecule has 0 saturated carbocycles. The molecule has 0 aliphatic heterocycles. The molecule has 0 aromatic heterocycles. The Hall–Kier alpha value is -0.430. The fourth-order valence-electron chi connectivity index (χ4n) is 2.10. The first-order chi connectivity index (χ1) is 9.85. The predicted molar refractivity (Wildman–Crippen MR) is 91.0 cm³/mol. The summed E-state index contributed by atoms with van der Waals surface area (Å²) in [7, 11) is -3.49. The molecule has 1 rings (SSSR count). The Morgan fingerprint density at radius 3 is 2.33 bits per heavy atom. The highest BCUT2D eigenvalue weighted by Crippen LogP contribution is 2.26. The fraction of sp³-hybridized carbons (Fsp3) is 0.600. The zero-order chi connectivity index (χ0) is 16.0. The second-order valence-electron chi connectivity index (χ2n) is 5.12. The molecule has 120 valence electrons. The molecule has 0 saturated heterocycles. The van der Waals surface area contributed by atoms with Crippen molar-refractivity contribution in [3.05, 3.63) is 27.7 Å². The molecular weight excluding hydrogens is 352 g/mol. The third kappa shape index (κ3) is 5.06. The lowest BCUT2D eigenvalue weighted by molar-refractivity contribution is 0.529. The molecule has 0 atom stereocenters. The van der Waals surface area contributed by atoms with Gasteiger partial charge in [0.2, 0.25) is 10.0 Å². The molecule has 1 aromatic carbocycles. The summed E-state index contributed by atoms with van der Waals surface area (Å²) >= 11 is 3.46. The van der Waals surface area contributed by atoms with E-state index in [0.29, 0.717) is 11.4 Å². The molecule has 0 amide bonds. The summed E-state index contributed by atoms with van der Waals surface area (Å²) in [6.07, 6.45) is 1.57. The largest absolute Gasteiger partial charge is 0.313 e. The fourth-order valence-corrected chi connectivity index (χ4v) is 4.45. The number of rotatable bonds is 8. The van der Waals surface area contributed by atoms with Crippen LogP contribution in [0.3, 0.4) is 0 Å². The van der Waals surface area contributed by atoms with Crippen LogP contribution < -0.4 is 10.0 Å². The van der Waals surface area contributed by atoms with Gasteiger partial charge < -0.3 is 5.32 Å². The van der Waals surface area contributed by atoms with E-state index < -0.39 is 10.0 Å². The summed E-state index contributed by atoms with van der Waals surface area (Å²) in [4.78, 5) is 0.358. The quantitative estimate of drug-likeness (QED) is 0.731. The molecule has 0 fully saturated rings. The molecule has 4 nitrogen and oxygen atoms in total. The summed E-state index contributed by atoms with van der Waals surface area (Å²) < 4.78 is 28.8. The standard InChI is InChI=1S/C15H25BrN2O2S/c1-5-13(6-2)18-21(19,20)15-9-12(10-17-7-3)8-14(16)11(15)4/h8-9,13,17-18H,5-7,10H2,1-4H3. The third-order valence-electron chi connectivity index (χ3n) is 3.53. The van der Waals surface area contributed by atoms with Gasteiger partial charge in [-0.25, -0.2) is 13.1 Å². The highest BCUT2D eigenvalue weighted by molar-refractivity contribution is 9.10. The molecule has 6 heteroatoms. The average molecular weight is 377 g/mol. The summed E-state index contributed by atoms with van der Waals surface area (Å²) in [5, 5.41) is 3.22. The topological polar surface area (TPSA) is 58.2 Å². The van der Waals surface area contributed by atoms with Crippen LogP contribution in [0.5, 0.6) is 0 Å². The highest BCUT2D eigenvalue weighted by Gasteiger charge is 2.22. The van der Waals surface area contributed by atoms with Crippen molar-refractivity contribution < 1.29 is 8.42 Å². The SMILES string of the molecule is CCNCc1cc(Br)c(C)c(S(=O)(=O)NC(CC)CC)c1. The Bertz CT molecular complexity index is 569. The van der Waals surface area contributed by atoms with Gasteiger partial charge in [-0.05, 0) is 49.6 Å². The third-order valence-corrected chi connectivity index (χ3v) is 6.00. The Balaban J connectivity index is 3.18. The van der Waals surface area contributed by atoms with Crippen LogP contribution in [0.2, 0.25) is 0 Å². The summed E-state index contributed by atoms with van der Waals surface area (Å²) in [5.41, 5.74) is 1.70. The smallest absolute Gasteiger partial charge is 0.241 e. The summed E-state index contributed by atoms with van der Waals surface area (Å²) in [6, 6.07) is 3.70. The van der Waals surface area contributed by atoms with Crippen LogP contribution in [0.25, 0.3) is 0 Å². The number of halogens is 1. The van der Waals surface area contributed by atoms with E-state index in [2.05, 4.69) is 26.0 Å². The van der Waals surface area contributed by atoms with Gasteiger partial charge in [0.15, 0.2) is 0 Å². The van der Waals surface area contributed by atoms with Crippen molar-refractivity contribution in [1.29, 1.82) is 0 Å². The first kappa shape index (κ1) is 18.6. The van der Waals surface area contributed by atoms with Gasteiger partial charge in [-0.1, -0.05) is 36.7 Å². The van der Waals surface area contributed by atoms with Crippen LogP contribution in [0.15, 0.2) is 21.5 Å². The van der Waals surface area contributed by atoms with Crippen LogP contribution in [0.4, 0.5) is 0 Å². The van der Waals surface area contributed by atoms with Crippen molar-refractivity contribution in [3.63, 3.8) is 0 Å². The van der Waals surface area contributed by atoms with Gasteiger partial charge in [-0.2, -0.15) is 0 Å². The predicted octanol–water partition coefficient (Wildman–Crippen LogP) is 3.33. The van der Waals surface area contributed by atoms with Gasteiger partial charge in [0, 0.05) is 17.1 Å². The van der Waals surface area contributed by atoms with E-state index in [1.54, 1.807) is 6.07 Å². The summed E-state index contributed by atoms with van der Waals surface area (Å²) in [5.74, 6) is 0. The molecule has 0 spiro atoms. The molecule has 2 N–H and O–H groups in total. The molecule has 0 radical (unpaired) electrons. The van der Waals surface area contributed by atoms with E-state index in [9.17, 15) is 8.42 Å². The maximum Gasteiger partial charge on any atom is 0.241 e. The van der Waals surface area contributed by atoms with Crippen molar-refractivity contribution in [3.8, 4) is 0 Å². The van der Waals surface area contributed by atoms with E-state index in [-0.39, 0.29) is 6.04 Å². The average Bonchev–Trinajstić information content (AvgIpc) is 2.45. The van der Waals surface area contributed by atoms with Gasteiger partial charge >= 0.3 is 0 Å². The van der Waals surface area contributed by atoms with Crippen LogP contribution in [0.1, 0.15) is 44.7 Å². The van der Waals surface area contributed by atoms with E-state index in [1.807, 2.05) is 33.8 Å². The molecule has 1 aromatic rings. The normalized spacial score (nSPS) is 12.1. The lowest BCUT2D eigenvalue weighted by atomic mass is 10.1. The number of benzene rings is 1. The number of sulfonamides is 1. The second-order valence-corrected chi connectivity index (χ2v) is 7.65. The maximum absolute atomic E-state index is 12.6. The molecule has 0 bridgehead atoms. The van der Waals surface area contributed by atoms with Gasteiger partial charge in [0.05, 0.1) is 4.90 Å². The van der Waals surface area contributed by atoms with Crippen molar-refractivity contribution in [2.24, 2.45) is 0 Å². The Morgan fingerprint density at radius 2 is 1.81 bits per heavy atom. The van der Waals surface area contributed by atoms with Crippen LogP contribution in [-0.4, -0.2) is 21.0 Å². The van der Waals surface area contributed by atoms with Crippen LogP contribution >= 0.6 is 15.9 Å². The van der Waals surface area contributed by atoms with Gasteiger partial charge in [0.1, 0.15) is 0 Å². The van der Waals surface area contributed by atoms with E-state index in [1.165, 1.54) is 0 Å². The molecule has 0 aliphatic carbocycles. The minimum Gasteiger partial charge on any atom is -0.313 e. The Labute approximate surface area is 136 Å². The zero-order valence-electron chi connectivity index (χ0n) is 13.2. The molecular formula is C15H25BrN2O2S. The van der Waals surface area contributed by atoms with E-state index >= 15 is 0 Å². The molecule has 0 heterocycles. The van der Waals surface area contributed by atoms with E-state index in [0.717, 1.165) is 35.0 Å². The van der Waals surface area contributed by atoms with Gasteiger partial charge in [-0.3, -0.25) is 0 Å². The lowest BCUT2D eigenvalue weighted by Gasteiger charge is -2.18. The van der Waals surface area contributed by atoms with Crippen molar-refractivity contribution in [2.45, 2.75) is 58.0 Å². The van der Waals surface area contributed by atoms with Gasteiger partial charge in [-0.15, -0.1) is 0 Å². The Kier molecular flexibility index (Phi) is 7.33. The molecule has 0 aliphatic rings. The van der Waals surface area contributed by atoms with E-state index in [4.69, 9.17) is 0 Å². The lowest BCUT2D eigenvalue weighted by Crippen LogP contribution is -2.34. The molecule has 0 unspecified atom stereocenters. The zero-order valence-corrected chi connectivity index (χ0v) is 15.6. The van der Waals surface area contributed by atoms with Crippen molar-refractivity contribution in [2.75, 3.05) is 6.54 Å². The number of hydrogen-bond acceptors (Lipinski definition) is 3. The van der Waals surface area contributed by atoms with Crippen molar-refractivity contribution >= 4 is 26.0 Å². The van der Waals surface area contributed by atoms with Crippen molar-refractivity contribution in [1.82, 2.24) is 10.0 Å². The monoisotopic (exact) mass is 376 g/mol. The van der Waals surface area contributed by atoms with Gasteiger partial charge in [0.25, 0.3) is 0 Å². The number of nitrogens with one attached hydrogen (secondary N) is 2. The Morgan fingerprint density at radius 1 is 1.19 bits per heavy atom. The second kappa shape index (κ2) is 8.27. The first-order valence-corrected chi connectivity index (χ1v) is 9.65. The maximum atomic E-state index is 12.6. The first-order valence-electron chi connectivity index (χ1n) is 7.37. The number of hydrogen-bond donors (Lipinski definition) is 2. The highest BCUT2D eigenvalue weighted by atomic mass is 79.9. The minimum absolute atomic E-state index is 0.0226. The molecule has 21 heavy (non-hydrogen) atoms. The summed E-state index contributed by atoms with van der Waals surface area (Å²) in [6.45, 7) is 9.32. The van der Waals surface area contributed by atoms with Crippen LogP contribution in [0, 0.1) is 6.92 Å². The minimum atomic E-state index is -3.49. The van der Waals surface area contributed by atoms with Crippen LogP contribution in [-0.2, 0) is 16.6 Å².